The van der Waals surface area contributed by atoms with Crippen LogP contribution in [0, 0.1) is 0 Å². The maximum Gasteiger partial charge on any atom is 0.336 e. The van der Waals surface area contributed by atoms with Crippen molar-refractivity contribution in [3.05, 3.63) is 54.1 Å². The fourth-order valence-corrected chi connectivity index (χ4v) is 1.69. The molecule has 3 nitrogen and oxygen atoms in total. The van der Waals surface area contributed by atoms with Crippen molar-refractivity contribution in [3.63, 3.8) is 0 Å². The molecule has 3 heteroatoms. The van der Waals surface area contributed by atoms with Gasteiger partial charge < -0.3 is 9.84 Å². The van der Waals surface area contributed by atoms with Gasteiger partial charge >= 0.3 is 5.97 Å². The van der Waals surface area contributed by atoms with Gasteiger partial charge in [-0.3, -0.25) is 0 Å². The molecule has 0 saturated heterocycles. The van der Waals surface area contributed by atoms with Crippen LogP contribution in [-0.2, 0) is 0 Å². The van der Waals surface area contributed by atoms with Crippen LogP contribution in [0.25, 0.3) is 11.1 Å². The SMILES string of the molecule is COc1ccc(-c2ccccc2C(=O)O)cc1. The number of ether oxygens (including phenoxy) is 1. The Morgan fingerprint density at radius 1 is 1.06 bits per heavy atom. The highest BCUT2D eigenvalue weighted by atomic mass is 16.5. The zero-order valence-electron chi connectivity index (χ0n) is 9.38. The molecule has 1 N–H and O–H groups in total. The zero-order chi connectivity index (χ0) is 12.3. The molecule has 2 aromatic carbocycles. The lowest BCUT2D eigenvalue weighted by Gasteiger charge is -2.06. The maximum atomic E-state index is 11.1. The average Bonchev–Trinajstić information content (AvgIpc) is 2.39. The Hall–Kier alpha value is -2.29. The van der Waals surface area contributed by atoms with E-state index in [1.165, 1.54) is 0 Å². The quantitative estimate of drug-likeness (QED) is 0.878. The molecule has 0 radical (unpaired) electrons. The molecule has 0 heterocycles. The largest absolute Gasteiger partial charge is 0.497 e. The van der Waals surface area contributed by atoms with Gasteiger partial charge in [0.1, 0.15) is 5.75 Å². The first-order valence-corrected chi connectivity index (χ1v) is 5.19. The van der Waals surface area contributed by atoms with Crippen molar-refractivity contribution in [2.75, 3.05) is 7.11 Å². The van der Waals surface area contributed by atoms with Crippen molar-refractivity contribution in [3.8, 4) is 16.9 Å². The van der Waals surface area contributed by atoms with Crippen LogP contribution < -0.4 is 4.74 Å². The van der Waals surface area contributed by atoms with Crippen LogP contribution in [0.1, 0.15) is 10.4 Å². The van der Waals surface area contributed by atoms with E-state index in [4.69, 9.17) is 9.84 Å². The van der Waals surface area contributed by atoms with E-state index in [-0.39, 0.29) is 0 Å². The lowest BCUT2D eigenvalue weighted by molar-refractivity contribution is 0.0697. The third-order valence-electron chi connectivity index (χ3n) is 2.56. The van der Waals surface area contributed by atoms with Crippen LogP contribution in [0.2, 0.25) is 0 Å². The first kappa shape index (κ1) is 11.2. The number of hydrogen-bond donors (Lipinski definition) is 1. The maximum absolute atomic E-state index is 11.1. The standard InChI is InChI=1S/C14H12O3/c1-17-11-8-6-10(7-9-11)12-4-2-3-5-13(12)14(15)16/h2-9H,1H3,(H,15,16). The summed E-state index contributed by atoms with van der Waals surface area (Å²) in [6.45, 7) is 0. The van der Waals surface area contributed by atoms with Gasteiger partial charge in [0.25, 0.3) is 0 Å². The highest BCUT2D eigenvalue weighted by Crippen LogP contribution is 2.25. The second-order valence-corrected chi connectivity index (χ2v) is 3.58. The van der Waals surface area contributed by atoms with Crippen molar-refractivity contribution in [2.45, 2.75) is 0 Å². The summed E-state index contributed by atoms with van der Waals surface area (Å²) >= 11 is 0. The monoisotopic (exact) mass is 228 g/mol. The normalized spacial score (nSPS) is 9.94. The van der Waals surface area contributed by atoms with E-state index in [1.54, 1.807) is 25.3 Å². The molecule has 0 unspecified atom stereocenters. The molecule has 86 valence electrons. The molecule has 0 fully saturated rings. The number of benzene rings is 2. The Bertz CT molecular complexity index is 529. The Morgan fingerprint density at radius 2 is 1.71 bits per heavy atom. The molecule has 0 aliphatic rings. The molecule has 0 saturated carbocycles. The van der Waals surface area contributed by atoms with Crippen molar-refractivity contribution < 1.29 is 14.6 Å². The Morgan fingerprint density at radius 3 is 2.29 bits per heavy atom. The molecule has 17 heavy (non-hydrogen) atoms. The molecule has 0 aliphatic heterocycles. The predicted octanol–water partition coefficient (Wildman–Crippen LogP) is 3.06. The van der Waals surface area contributed by atoms with Crippen LogP contribution in [0.5, 0.6) is 5.75 Å². The van der Waals surface area contributed by atoms with Crippen LogP contribution >= 0.6 is 0 Å². The van der Waals surface area contributed by atoms with Gasteiger partial charge in [-0.15, -0.1) is 0 Å². The molecular formula is C14H12O3. The van der Waals surface area contributed by atoms with Crippen LogP contribution in [0.15, 0.2) is 48.5 Å². The van der Waals surface area contributed by atoms with Crippen molar-refractivity contribution in [1.29, 1.82) is 0 Å². The Labute approximate surface area is 99.3 Å². The molecule has 0 aromatic heterocycles. The van der Waals surface area contributed by atoms with Crippen LogP contribution in [0.3, 0.4) is 0 Å². The molecule has 0 spiro atoms. The number of carbonyl (C=O) groups is 1. The number of methoxy groups -OCH3 is 1. The van der Waals surface area contributed by atoms with Gasteiger partial charge in [0, 0.05) is 0 Å². The second-order valence-electron chi connectivity index (χ2n) is 3.58. The first-order valence-electron chi connectivity index (χ1n) is 5.19. The van der Waals surface area contributed by atoms with Crippen molar-refractivity contribution >= 4 is 5.97 Å². The summed E-state index contributed by atoms with van der Waals surface area (Å²) < 4.78 is 5.07. The van der Waals surface area contributed by atoms with Crippen molar-refractivity contribution in [1.82, 2.24) is 0 Å². The van der Waals surface area contributed by atoms with Gasteiger partial charge in [-0.2, -0.15) is 0 Å². The number of carboxylic acid groups (broad SMARTS) is 1. The smallest absolute Gasteiger partial charge is 0.336 e. The van der Waals surface area contributed by atoms with Crippen LogP contribution in [0.4, 0.5) is 0 Å². The predicted molar refractivity (Wildman–Crippen MR) is 65.4 cm³/mol. The number of aromatic carboxylic acids is 1. The van der Waals surface area contributed by atoms with Gasteiger partial charge in [-0.1, -0.05) is 30.3 Å². The van der Waals surface area contributed by atoms with E-state index in [9.17, 15) is 4.79 Å². The topological polar surface area (TPSA) is 46.5 Å². The van der Waals surface area contributed by atoms with Gasteiger partial charge in [-0.25, -0.2) is 4.79 Å². The van der Waals surface area contributed by atoms with Crippen molar-refractivity contribution in [2.24, 2.45) is 0 Å². The first-order chi connectivity index (χ1) is 8.22. The summed E-state index contributed by atoms with van der Waals surface area (Å²) in [5.74, 6) is -0.169. The molecule has 0 amide bonds. The minimum atomic E-state index is -0.920. The summed E-state index contributed by atoms with van der Waals surface area (Å²) in [5.41, 5.74) is 1.88. The minimum absolute atomic E-state index is 0.303. The fraction of sp³-hybridized carbons (Fsp3) is 0.0714. The van der Waals surface area contributed by atoms with Crippen LogP contribution in [-0.4, -0.2) is 18.2 Å². The summed E-state index contributed by atoms with van der Waals surface area (Å²) in [5, 5.41) is 9.10. The number of rotatable bonds is 3. The van der Waals surface area contributed by atoms with Gasteiger partial charge in [0.2, 0.25) is 0 Å². The molecule has 2 rings (SSSR count). The zero-order valence-corrected chi connectivity index (χ0v) is 9.38. The third kappa shape index (κ3) is 2.28. The van der Waals surface area contributed by atoms with Gasteiger partial charge in [-0.05, 0) is 29.3 Å². The number of hydrogen-bond acceptors (Lipinski definition) is 2. The van der Waals surface area contributed by atoms with E-state index in [2.05, 4.69) is 0 Å². The summed E-state index contributed by atoms with van der Waals surface area (Å²) in [4.78, 5) is 11.1. The van der Waals surface area contributed by atoms with E-state index in [0.29, 0.717) is 11.1 Å². The van der Waals surface area contributed by atoms with Gasteiger partial charge in [0.05, 0.1) is 12.7 Å². The average molecular weight is 228 g/mol. The molecule has 0 atom stereocenters. The summed E-state index contributed by atoms with van der Waals surface area (Å²) in [6, 6.07) is 14.3. The lowest BCUT2D eigenvalue weighted by Crippen LogP contribution is -1.98. The third-order valence-corrected chi connectivity index (χ3v) is 2.56. The Kier molecular flexibility index (Phi) is 3.10. The highest BCUT2D eigenvalue weighted by Gasteiger charge is 2.10. The Balaban J connectivity index is 2.48. The number of carboxylic acids is 1. The van der Waals surface area contributed by atoms with E-state index >= 15 is 0 Å². The summed E-state index contributed by atoms with van der Waals surface area (Å²) in [7, 11) is 1.60. The van der Waals surface area contributed by atoms with E-state index in [1.807, 2.05) is 30.3 Å². The second kappa shape index (κ2) is 4.70. The summed E-state index contributed by atoms with van der Waals surface area (Å²) in [6.07, 6.45) is 0. The van der Waals surface area contributed by atoms with E-state index < -0.39 is 5.97 Å². The lowest BCUT2D eigenvalue weighted by atomic mass is 10.00. The minimum Gasteiger partial charge on any atom is -0.497 e. The molecule has 0 bridgehead atoms. The molecular weight excluding hydrogens is 216 g/mol. The fourth-order valence-electron chi connectivity index (χ4n) is 1.69. The molecule has 2 aromatic rings. The highest BCUT2D eigenvalue weighted by molar-refractivity contribution is 5.96. The van der Waals surface area contributed by atoms with Gasteiger partial charge in [0.15, 0.2) is 0 Å². The molecule has 0 aliphatic carbocycles. The van der Waals surface area contributed by atoms with E-state index in [0.717, 1.165) is 11.3 Å².